The molecular weight excluding hydrogens is 389 g/mol. The lowest BCUT2D eigenvalue weighted by Crippen LogP contribution is -2.30. The highest BCUT2D eigenvalue weighted by molar-refractivity contribution is 8.03. The Labute approximate surface area is 168 Å². The third-order valence-corrected chi connectivity index (χ3v) is 5.76. The highest BCUT2D eigenvalue weighted by atomic mass is 35.5. The molecule has 1 unspecified atom stereocenters. The molecule has 0 saturated carbocycles. The number of halogens is 2. The Hall–Kier alpha value is -1.40. The standard InChI is InChI=1S/C19H21Cl2N3OS/c1-12(2)24-11-23(3)17(18(25)13-4-6-22-7-5-13)19(24)26-16-9-14(20)8-15(21)10-16/h4-10,12,18,25H,11H2,1-3H3. The Morgan fingerprint density at radius 3 is 2.31 bits per heavy atom. The number of hydrogen-bond acceptors (Lipinski definition) is 5. The van der Waals surface area contributed by atoms with Crippen LogP contribution in [0, 0.1) is 0 Å². The molecule has 0 fully saturated rings. The van der Waals surface area contributed by atoms with E-state index in [1.165, 1.54) is 0 Å². The van der Waals surface area contributed by atoms with Crippen LogP contribution < -0.4 is 0 Å². The van der Waals surface area contributed by atoms with Crippen molar-refractivity contribution in [2.75, 3.05) is 13.7 Å². The number of thioether (sulfide) groups is 1. The first kappa shape index (κ1) is 19.4. The molecule has 1 aromatic carbocycles. The molecule has 1 aliphatic heterocycles. The van der Waals surface area contributed by atoms with E-state index in [9.17, 15) is 5.11 Å². The average molecular weight is 410 g/mol. The molecule has 1 N–H and O–H groups in total. The number of benzene rings is 1. The summed E-state index contributed by atoms with van der Waals surface area (Å²) in [5.41, 5.74) is 1.68. The van der Waals surface area contributed by atoms with Gasteiger partial charge in [-0.1, -0.05) is 35.0 Å². The molecule has 1 aromatic heterocycles. The van der Waals surface area contributed by atoms with Gasteiger partial charge in [-0.25, -0.2) is 0 Å². The van der Waals surface area contributed by atoms with Crippen molar-refractivity contribution in [2.45, 2.75) is 30.9 Å². The first-order valence-electron chi connectivity index (χ1n) is 8.30. The van der Waals surface area contributed by atoms with E-state index in [0.717, 1.165) is 21.2 Å². The van der Waals surface area contributed by atoms with E-state index in [1.54, 1.807) is 30.2 Å². The van der Waals surface area contributed by atoms with Crippen molar-refractivity contribution in [3.05, 3.63) is 69.1 Å². The van der Waals surface area contributed by atoms with E-state index < -0.39 is 6.10 Å². The second-order valence-electron chi connectivity index (χ2n) is 6.48. The number of rotatable bonds is 5. The summed E-state index contributed by atoms with van der Waals surface area (Å²) in [6.07, 6.45) is 2.65. The van der Waals surface area contributed by atoms with E-state index in [-0.39, 0.29) is 6.04 Å². The van der Waals surface area contributed by atoms with Gasteiger partial charge < -0.3 is 14.9 Å². The van der Waals surface area contributed by atoms with Crippen LogP contribution in [0.25, 0.3) is 0 Å². The van der Waals surface area contributed by atoms with Gasteiger partial charge in [0.1, 0.15) is 6.10 Å². The fraction of sp³-hybridized carbons (Fsp3) is 0.316. The summed E-state index contributed by atoms with van der Waals surface area (Å²) in [5, 5.41) is 13.2. The highest BCUT2D eigenvalue weighted by Gasteiger charge is 2.33. The predicted molar refractivity (Wildman–Crippen MR) is 108 cm³/mol. The smallest absolute Gasteiger partial charge is 0.121 e. The minimum Gasteiger partial charge on any atom is -0.382 e. The van der Waals surface area contributed by atoms with Crippen LogP contribution in [0.1, 0.15) is 25.5 Å². The number of likely N-dealkylation sites (N-methyl/N-ethyl adjacent to an activating group) is 1. The molecule has 0 spiro atoms. The first-order valence-corrected chi connectivity index (χ1v) is 9.88. The van der Waals surface area contributed by atoms with Gasteiger partial charge in [0, 0.05) is 40.4 Å². The van der Waals surface area contributed by atoms with Crippen LogP contribution in [0.4, 0.5) is 0 Å². The van der Waals surface area contributed by atoms with Crippen LogP contribution >= 0.6 is 35.0 Å². The normalized spacial score (nSPS) is 16.0. The van der Waals surface area contributed by atoms with Crippen LogP contribution in [-0.2, 0) is 0 Å². The molecular formula is C19H21Cl2N3OS. The van der Waals surface area contributed by atoms with Crippen molar-refractivity contribution in [1.82, 2.24) is 14.8 Å². The summed E-state index contributed by atoms with van der Waals surface area (Å²) in [6, 6.07) is 9.45. The van der Waals surface area contributed by atoms with E-state index in [2.05, 4.69) is 28.6 Å². The molecule has 0 radical (unpaired) electrons. The fourth-order valence-electron chi connectivity index (χ4n) is 2.92. The van der Waals surface area contributed by atoms with Gasteiger partial charge in [0.15, 0.2) is 0 Å². The topological polar surface area (TPSA) is 39.6 Å². The number of aromatic nitrogens is 1. The Morgan fingerprint density at radius 2 is 1.73 bits per heavy atom. The van der Waals surface area contributed by atoms with Crippen molar-refractivity contribution in [1.29, 1.82) is 0 Å². The van der Waals surface area contributed by atoms with Crippen molar-refractivity contribution < 1.29 is 5.11 Å². The maximum absolute atomic E-state index is 11.0. The molecule has 1 atom stereocenters. The summed E-state index contributed by atoms with van der Waals surface area (Å²) in [5.74, 6) is 0. The Bertz CT molecular complexity index is 793. The van der Waals surface area contributed by atoms with Crippen LogP contribution in [0.15, 0.2) is 58.3 Å². The van der Waals surface area contributed by atoms with Crippen molar-refractivity contribution >= 4 is 35.0 Å². The highest BCUT2D eigenvalue weighted by Crippen LogP contribution is 2.43. The predicted octanol–water partition coefficient (Wildman–Crippen LogP) is 5.00. The Balaban J connectivity index is 2.04. The third-order valence-electron chi connectivity index (χ3n) is 4.21. The van der Waals surface area contributed by atoms with Gasteiger partial charge in [-0.2, -0.15) is 0 Å². The number of aliphatic hydroxyl groups is 1. The summed E-state index contributed by atoms with van der Waals surface area (Å²) in [4.78, 5) is 9.33. The number of pyridine rings is 1. The van der Waals surface area contributed by atoms with Crippen LogP contribution in [-0.4, -0.2) is 39.6 Å². The third kappa shape index (κ3) is 4.12. The monoisotopic (exact) mass is 409 g/mol. The van der Waals surface area contributed by atoms with E-state index in [1.807, 2.05) is 31.3 Å². The van der Waals surface area contributed by atoms with Gasteiger partial charge in [-0.15, -0.1) is 0 Å². The molecule has 0 bridgehead atoms. The number of aliphatic hydroxyl groups excluding tert-OH is 1. The van der Waals surface area contributed by atoms with Crippen molar-refractivity contribution in [3.63, 3.8) is 0 Å². The van der Waals surface area contributed by atoms with Gasteiger partial charge in [0.2, 0.25) is 0 Å². The Kier molecular flexibility index (Phi) is 6.03. The van der Waals surface area contributed by atoms with Gasteiger partial charge in [-0.3, -0.25) is 4.98 Å². The SMILES string of the molecule is CC(C)N1CN(C)C(C(O)c2ccncc2)=C1Sc1cc(Cl)cc(Cl)c1. The summed E-state index contributed by atoms with van der Waals surface area (Å²) >= 11 is 13.9. The van der Waals surface area contributed by atoms with Crippen LogP contribution in [0.5, 0.6) is 0 Å². The molecule has 3 rings (SSSR count). The zero-order valence-corrected chi connectivity index (χ0v) is 17.2. The van der Waals surface area contributed by atoms with Crippen LogP contribution in [0.3, 0.4) is 0 Å². The van der Waals surface area contributed by atoms with E-state index in [4.69, 9.17) is 23.2 Å². The lowest BCUT2D eigenvalue weighted by atomic mass is 10.1. The van der Waals surface area contributed by atoms with Gasteiger partial charge >= 0.3 is 0 Å². The second kappa shape index (κ2) is 8.09. The molecule has 0 saturated heterocycles. The molecule has 4 nitrogen and oxygen atoms in total. The van der Waals surface area contributed by atoms with Crippen molar-refractivity contribution in [2.24, 2.45) is 0 Å². The molecule has 7 heteroatoms. The van der Waals surface area contributed by atoms with Gasteiger partial charge in [0.05, 0.1) is 17.4 Å². The second-order valence-corrected chi connectivity index (χ2v) is 8.42. The number of hydrogen-bond donors (Lipinski definition) is 1. The molecule has 26 heavy (non-hydrogen) atoms. The summed E-state index contributed by atoms with van der Waals surface area (Å²) < 4.78 is 0. The lowest BCUT2D eigenvalue weighted by molar-refractivity contribution is 0.170. The Morgan fingerprint density at radius 1 is 1.12 bits per heavy atom. The number of nitrogens with zero attached hydrogens (tertiary/aromatic N) is 3. The fourth-order valence-corrected chi connectivity index (χ4v) is 4.92. The molecule has 138 valence electrons. The van der Waals surface area contributed by atoms with Gasteiger partial charge in [-0.05, 0) is 49.7 Å². The molecule has 2 heterocycles. The minimum atomic E-state index is -0.732. The molecule has 2 aromatic rings. The lowest BCUT2D eigenvalue weighted by Gasteiger charge is -2.26. The van der Waals surface area contributed by atoms with Crippen LogP contribution in [0.2, 0.25) is 10.0 Å². The van der Waals surface area contributed by atoms with E-state index in [0.29, 0.717) is 16.7 Å². The molecule has 0 aliphatic carbocycles. The van der Waals surface area contributed by atoms with Crippen molar-refractivity contribution in [3.8, 4) is 0 Å². The zero-order chi connectivity index (χ0) is 18.8. The maximum Gasteiger partial charge on any atom is 0.121 e. The summed E-state index contributed by atoms with van der Waals surface area (Å²) in [6.45, 7) is 4.99. The maximum atomic E-state index is 11.0. The zero-order valence-electron chi connectivity index (χ0n) is 14.9. The van der Waals surface area contributed by atoms with Gasteiger partial charge in [0.25, 0.3) is 0 Å². The largest absolute Gasteiger partial charge is 0.382 e. The quantitative estimate of drug-likeness (QED) is 0.752. The molecule has 0 amide bonds. The molecule has 1 aliphatic rings. The summed E-state index contributed by atoms with van der Waals surface area (Å²) in [7, 11) is 1.99. The average Bonchev–Trinajstić information content (AvgIpc) is 2.90. The first-order chi connectivity index (χ1) is 12.4. The van der Waals surface area contributed by atoms with E-state index >= 15 is 0 Å². The minimum absolute atomic E-state index is 0.289.